The number of likely N-dealkylation sites (tertiary alicyclic amines) is 2. The van der Waals surface area contributed by atoms with Crippen molar-refractivity contribution in [3.05, 3.63) is 35.4 Å². The van der Waals surface area contributed by atoms with E-state index in [9.17, 15) is 5.11 Å². The molecule has 0 bridgehead atoms. The molecule has 0 amide bonds. The van der Waals surface area contributed by atoms with Crippen LogP contribution in [0.25, 0.3) is 0 Å². The molecular weight excluding hydrogens is 392 g/mol. The summed E-state index contributed by atoms with van der Waals surface area (Å²) in [5, 5.41) is 13.2. The normalized spacial score (nSPS) is 19.7. The predicted octanol–water partition coefficient (Wildman–Crippen LogP) is 2.24. The largest absolute Gasteiger partial charge is 0.393 e. The van der Waals surface area contributed by atoms with Crippen LogP contribution in [0.5, 0.6) is 0 Å². The molecule has 0 radical (unpaired) electrons. The highest BCUT2D eigenvalue weighted by atomic mass is 16.5. The van der Waals surface area contributed by atoms with E-state index < -0.39 is 0 Å². The Balaban J connectivity index is 1.37. The lowest BCUT2D eigenvalue weighted by Crippen LogP contribution is -2.46. The highest BCUT2D eigenvalue weighted by Gasteiger charge is 2.22. The second kappa shape index (κ2) is 13.0. The van der Waals surface area contributed by atoms with Gasteiger partial charge in [-0.3, -0.25) is 9.89 Å². The second-order valence-corrected chi connectivity index (χ2v) is 8.63. The summed E-state index contributed by atoms with van der Waals surface area (Å²) in [4.78, 5) is 9.24. The van der Waals surface area contributed by atoms with E-state index in [4.69, 9.17) is 9.47 Å². The number of benzene rings is 1. The third kappa shape index (κ3) is 8.07. The zero-order valence-corrected chi connectivity index (χ0v) is 19.3. The standard InChI is InChI=1S/C24H40N4O3/c1-25-24(28-14-10-23(11-15-28)31-17-3-16-30-2)26-18-20-4-6-21(7-5-20)19-27-12-8-22(29)9-13-27/h4-7,22-23,29H,3,8-19H2,1-2H3,(H,25,26). The van der Waals surface area contributed by atoms with Crippen LogP contribution in [0, 0.1) is 0 Å². The molecule has 1 aromatic rings. The van der Waals surface area contributed by atoms with Gasteiger partial charge in [0.15, 0.2) is 5.96 Å². The van der Waals surface area contributed by atoms with E-state index in [2.05, 4.69) is 44.4 Å². The molecule has 2 saturated heterocycles. The van der Waals surface area contributed by atoms with Crippen molar-refractivity contribution >= 4 is 5.96 Å². The molecule has 3 rings (SSSR count). The predicted molar refractivity (Wildman–Crippen MR) is 124 cm³/mol. The molecule has 2 fully saturated rings. The van der Waals surface area contributed by atoms with Crippen molar-refractivity contribution in [3.8, 4) is 0 Å². The van der Waals surface area contributed by atoms with E-state index in [-0.39, 0.29) is 6.10 Å². The molecule has 0 unspecified atom stereocenters. The van der Waals surface area contributed by atoms with E-state index in [0.717, 1.165) is 90.5 Å². The molecule has 2 aliphatic heterocycles. The van der Waals surface area contributed by atoms with E-state index in [1.54, 1.807) is 7.11 Å². The number of rotatable bonds is 9. The van der Waals surface area contributed by atoms with E-state index in [1.807, 2.05) is 7.05 Å². The van der Waals surface area contributed by atoms with Gasteiger partial charge in [-0.2, -0.15) is 0 Å². The molecule has 2 heterocycles. The first kappa shape index (κ1) is 24.0. The van der Waals surface area contributed by atoms with Crippen molar-refractivity contribution in [2.75, 3.05) is 53.6 Å². The number of ether oxygens (including phenoxy) is 2. The summed E-state index contributed by atoms with van der Waals surface area (Å²) in [6.07, 6.45) is 5.04. The Labute approximate surface area is 187 Å². The molecule has 1 aromatic carbocycles. The van der Waals surface area contributed by atoms with Crippen LogP contribution in [0.1, 0.15) is 43.2 Å². The maximum absolute atomic E-state index is 9.66. The van der Waals surface area contributed by atoms with E-state index >= 15 is 0 Å². The molecule has 2 aliphatic rings. The topological polar surface area (TPSA) is 69.6 Å². The molecular formula is C24H40N4O3. The molecule has 0 saturated carbocycles. The van der Waals surface area contributed by atoms with Gasteiger partial charge in [0, 0.05) is 66.6 Å². The van der Waals surface area contributed by atoms with Crippen molar-refractivity contribution in [2.24, 2.45) is 4.99 Å². The summed E-state index contributed by atoms with van der Waals surface area (Å²) in [6.45, 7) is 7.18. The van der Waals surface area contributed by atoms with Gasteiger partial charge in [-0.05, 0) is 43.2 Å². The Morgan fingerprint density at radius 2 is 1.71 bits per heavy atom. The smallest absolute Gasteiger partial charge is 0.193 e. The van der Waals surface area contributed by atoms with Crippen LogP contribution in [0.3, 0.4) is 0 Å². The fourth-order valence-corrected chi connectivity index (χ4v) is 4.30. The Morgan fingerprint density at radius 1 is 1.03 bits per heavy atom. The highest BCUT2D eigenvalue weighted by molar-refractivity contribution is 5.79. The van der Waals surface area contributed by atoms with Crippen LogP contribution >= 0.6 is 0 Å². The Kier molecular flexibility index (Phi) is 10.1. The highest BCUT2D eigenvalue weighted by Crippen LogP contribution is 2.16. The van der Waals surface area contributed by atoms with Crippen molar-refractivity contribution in [1.82, 2.24) is 15.1 Å². The van der Waals surface area contributed by atoms with Gasteiger partial charge in [0.25, 0.3) is 0 Å². The summed E-state index contributed by atoms with van der Waals surface area (Å²) >= 11 is 0. The average molecular weight is 433 g/mol. The van der Waals surface area contributed by atoms with Crippen LogP contribution < -0.4 is 5.32 Å². The van der Waals surface area contributed by atoms with Gasteiger partial charge in [0.1, 0.15) is 0 Å². The minimum atomic E-state index is -0.113. The summed E-state index contributed by atoms with van der Waals surface area (Å²) in [5.41, 5.74) is 2.59. The SMILES string of the molecule is CN=C(NCc1ccc(CN2CCC(O)CC2)cc1)N1CCC(OCCCOC)CC1. The van der Waals surface area contributed by atoms with Crippen LogP contribution in [-0.4, -0.2) is 86.6 Å². The Bertz CT molecular complexity index is 651. The van der Waals surface area contributed by atoms with Gasteiger partial charge >= 0.3 is 0 Å². The van der Waals surface area contributed by atoms with Crippen LogP contribution in [0.15, 0.2) is 29.3 Å². The molecule has 0 aromatic heterocycles. The summed E-state index contributed by atoms with van der Waals surface area (Å²) in [6, 6.07) is 8.84. The lowest BCUT2D eigenvalue weighted by Gasteiger charge is -2.34. The van der Waals surface area contributed by atoms with E-state index in [0.29, 0.717) is 6.10 Å². The second-order valence-electron chi connectivity index (χ2n) is 8.63. The monoisotopic (exact) mass is 432 g/mol. The summed E-state index contributed by atoms with van der Waals surface area (Å²) in [7, 11) is 3.59. The molecule has 0 spiro atoms. The van der Waals surface area contributed by atoms with Crippen molar-refractivity contribution in [3.63, 3.8) is 0 Å². The molecule has 2 N–H and O–H groups in total. The average Bonchev–Trinajstić information content (AvgIpc) is 2.80. The van der Waals surface area contributed by atoms with Crippen molar-refractivity contribution in [1.29, 1.82) is 0 Å². The number of hydrogen-bond acceptors (Lipinski definition) is 5. The van der Waals surface area contributed by atoms with Crippen LogP contribution in [0.2, 0.25) is 0 Å². The number of methoxy groups -OCH3 is 1. The van der Waals surface area contributed by atoms with Crippen molar-refractivity contribution in [2.45, 2.75) is 57.4 Å². The van der Waals surface area contributed by atoms with Gasteiger partial charge in [-0.15, -0.1) is 0 Å². The van der Waals surface area contributed by atoms with E-state index in [1.165, 1.54) is 11.1 Å². The fraction of sp³-hybridized carbons (Fsp3) is 0.708. The first-order valence-corrected chi connectivity index (χ1v) is 11.7. The molecule has 7 nitrogen and oxygen atoms in total. The first-order chi connectivity index (χ1) is 15.2. The number of aliphatic imine (C=N–C) groups is 1. The number of nitrogens with one attached hydrogen (secondary N) is 1. The molecule has 31 heavy (non-hydrogen) atoms. The van der Waals surface area contributed by atoms with Crippen LogP contribution in [0.4, 0.5) is 0 Å². The van der Waals surface area contributed by atoms with Gasteiger partial charge in [0.05, 0.1) is 12.2 Å². The lowest BCUT2D eigenvalue weighted by molar-refractivity contribution is 0.00989. The van der Waals surface area contributed by atoms with Gasteiger partial charge in [0.2, 0.25) is 0 Å². The minimum absolute atomic E-state index is 0.113. The van der Waals surface area contributed by atoms with Crippen LogP contribution in [-0.2, 0) is 22.6 Å². The molecule has 0 aliphatic carbocycles. The number of aliphatic hydroxyl groups is 1. The number of aliphatic hydroxyl groups excluding tert-OH is 1. The fourth-order valence-electron chi connectivity index (χ4n) is 4.30. The third-order valence-corrected chi connectivity index (χ3v) is 6.24. The van der Waals surface area contributed by atoms with Gasteiger partial charge in [-0.25, -0.2) is 0 Å². The summed E-state index contributed by atoms with van der Waals surface area (Å²) < 4.78 is 11.0. The Morgan fingerprint density at radius 3 is 2.35 bits per heavy atom. The summed E-state index contributed by atoms with van der Waals surface area (Å²) in [5.74, 6) is 0.966. The minimum Gasteiger partial charge on any atom is -0.393 e. The molecule has 0 atom stereocenters. The quantitative estimate of drug-likeness (QED) is 0.354. The lowest BCUT2D eigenvalue weighted by atomic mass is 10.1. The molecule has 174 valence electrons. The van der Waals surface area contributed by atoms with Gasteiger partial charge < -0.3 is 24.8 Å². The zero-order chi connectivity index (χ0) is 21.9. The zero-order valence-electron chi connectivity index (χ0n) is 19.3. The number of guanidine groups is 1. The molecule has 7 heteroatoms. The first-order valence-electron chi connectivity index (χ1n) is 11.7. The maximum atomic E-state index is 9.66. The van der Waals surface area contributed by atoms with Gasteiger partial charge in [-0.1, -0.05) is 24.3 Å². The number of piperidine rings is 2. The maximum Gasteiger partial charge on any atom is 0.193 e. The van der Waals surface area contributed by atoms with Crippen molar-refractivity contribution < 1.29 is 14.6 Å². The third-order valence-electron chi connectivity index (χ3n) is 6.24. The number of hydrogen-bond donors (Lipinski definition) is 2. The Hall–Kier alpha value is -1.67. The number of nitrogens with zero attached hydrogens (tertiary/aromatic N) is 3.